The number of guanidine groups is 1. The molecule has 1 aliphatic carbocycles. The minimum Gasteiger partial charge on any atom is -0.356 e. The van der Waals surface area contributed by atoms with Gasteiger partial charge in [-0.05, 0) is 36.6 Å². The molecule has 2 unspecified atom stereocenters. The second-order valence-electron chi connectivity index (χ2n) is 4.86. The van der Waals surface area contributed by atoms with Gasteiger partial charge in [-0.25, -0.2) is 0 Å². The van der Waals surface area contributed by atoms with Crippen LogP contribution >= 0.6 is 35.3 Å². The van der Waals surface area contributed by atoms with Crippen molar-refractivity contribution in [3.8, 4) is 0 Å². The van der Waals surface area contributed by atoms with Gasteiger partial charge < -0.3 is 10.6 Å². The second kappa shape index (κ2) is 8.79. The highest BCUT2D eigenvalue weighted by atomic mass is 127. The maximum Gasteiger partial charge on any atom is 0.191 e. The standard InChI is InChI=1S/C14H23N3S.HI/c1-3-5-11-10-13(11)17-14(15-2)16-8-7-12-6-4-9-18-12;/h4,6,9,11,13H,3,5,7-8,10H2,1-2H3,(H2,15,16,17);1H. The summed E-state index contributed by atoms with van der Waals surface area (Å²) < 4.78 is 0. The Labute approximate surface area is 137 Å². The Morgan fingerprint density at radius 3 is 3.00 bits per heavy atom. The van der Waals surface area contributed by atoms with Gasteiger partial charge in [0, 0.05) is 24.5 Å². The fourth-order valence-corrected chi connectivity index (χ4v) is 2.95. The van der Waals surface area contributed by atoms with Crippen molar-refractivity contribution in [1.29, 1.82) is 0 Å². The van der Waals surface area contributed by atoms with Crippen molar-refractivity contribution < 1.29 is 0 Å². The highest BCUT2D eigenvalue weighted by Crippen LogP contribution is 2.34. The number of hydrogen-bond donors (Lipinski definition) is 2. The molecule has 1 heterocycles. The SMILES string of the molecule is CCCC1CC1NC(=NC)NCCc1cccs1.I. The lowest BCUT2D eigenvalue weighted by atomic mass is 10.2. The van der Waals surface area contributed by atoms with Crippen LogP contribution in [-0.4, -0.2) is 25.6 Å². The normalized spacial score (nSPS) is 21.7. The number of rotatable bonds is 6. The molecule has 2 atom stereocenters. The first-order chi connectivity index (χ1) is 8.83. The average Bonchev–Trinajstić information content (AvgIpc) is 2.90. The van der Waals surface area contributed by atoms with Crippen LogP contribution in [0, 0.1) is 5.92 Å². The first-order valence-corrected chi connectivity index (χ1v) is 7.71. The third-order valence-corrected chi connectivity index (χ3v) is 4.31. The van der Waals surface area contributed by atoms with E-state index in [0.717, 1.165) is 24.8 Å². The Kier molecular flexibility index (Phi) is 7.75. The zero-order valence-electron chi connectivity index (χ0n) is 11.7. The molecule has 108 valence electrons. The average molecular weight is 393 g/mol. The smallest absolute Gasteiger partial charge is 0.191 e. The molecule has 0 aliphatic heterocycles. The van der Waals surface area contributed by atoms with Crippen LogP contribution in [0.2, 0.25) is 0 Å². The molecule has 0 bridgehead atoms. The predicted octanol–water partition coefficient (Wildman–Crippen LogP) is 3.26. The maximum atomic E-state index is 4.28. The molecule has 0 spiro atoms. The van der Waals surface area contributed by atoms with Crippen LogP contribution in [0.25, 0.3) is 0 Å². The van der Waals surface area contributed by atoms with E-state index in [1.54, 1.807) is 0 Å². The third kappa shape index (κ3) is 5.69. The summed E-state index contributed by atoms with van der Waals surface area (Å²) in [5.41, 5.74) is 0. The lowest BCUT2D eigenvalue weighted by molar-refractivity contribution is 0.655. The summed E-state index contributed by atoms with van der Waals surface area (Å²) in [7, 11) is 1.84. The van der Waals surface area contributed by atoms with Crippen molar-refractivity contribution in [1.82, 2.24) is 10.6 Å². The van der Waals surface area contributed by atoms with Gasteiger partial charge in [-0.3, -0.25) is 4.99 Å². The van der Waals surface area contributed by atoms with E-state index in [0.29, 0.717) is 6.04 Å². The number of nitrogens with one attached hydrogen (secondary N) is 2. The van der Waals surface area contributed by atoms with E-state index in [1.165, 1.54) is 24.1 Å². The van der Waals surface area contributed by atoms with E-state index in [4.69, 9.17) is 0 Å². The molecule has 0 amide bonds. The van der Waals surface area contributed by atoms with E-state index < -0.39 is 0 Å². The Hall–Kier alpha value is -0.300. The fourth-order valence-electron chi connectivity index (χ4n) is 2.24. The van der Waals surface area contributed by atoms with Gasteiger partial charge in [0.25, 0.3) is 0 Å². The number of thiophene rings is 1. The minimum absolute atomic E-state index is 0. The van der Waals surface area contributed by atoms with Gasteiger partial charge in [-0.2, -0.15) is 0 Å². The summed E-state index contributed by atoms with van der Waals surface area (Å²) in [5.74, 6) is 1.82. The minimum atomic E-state index is 0. The zero-order chi connectivity index (χ0) is 12.8. The summed E-state index contributed by atoms with van der Waals surface area (Å²) in [6, 6.07) is 4.94. The van der Waals surface area contributed by atoms with Crippen LogP contribution in [0.15, 0.2) is 22.5 Å². The van der Waals surface area contributed by atoms with Gasteiger partial charge in [-0.1, -0.05) is 19.4 Å². The van der Waals surface area contributed by atoms with Crippen LogP contribution in [0.3, 0.4) is 0 Å². The van der Waals surface area contributed by atoms with E-state index in [9.17, 15) is 0 Å². The summed E-state index contributed by atoms with van der Waals surface area (Å²) in [4.78, 5) is 5.70. The molecular formula is C14H24IN3S. The lowest BCUT2D eigenvalue weighted by Crippen LogP contribution is -2.40. The molecule has 0 radical (unpaired) electrons. The molecule has 0 saturated heterocycles. The van der Waals surface area contributed by atoms with Gasteiger partial charge >= 0.3 is 0 Å². The topological polar surface area (TPSA) is 36.4 Å². The number of halogens is 1. The molecule has 2 N–H and O–H groups in total. The molecular weight excluding hydrogens is 369 g/mol. The van der Waals surface area contributed by atoms with Crippen LogP contribution < -0.4 is 10.6 Å². The molecule has 0 aromatic carbocycles. The van der Waals surface area contributed by atoms with Crippen molar-refractivity contribution in [2.45, 2.75) is 38.6 Å². The Bertz CT molecular complexity index is 378. The lowest BCUT2D eigenvalue weighted by Gasteiger charge is -2.11. The van der Waals surface area contributed by atoms with Crippen molar-refractivity contribution in [3.63, 3.8) is 0 Å². The molecule has 2 rings (SSSR count). The summed E-state index contributed by atoms with van der Waals surface area (Å²) >= 11 is 1.82. The third-order valence-electron chi connectivity index (χ3n) is 3.37. The van der Waals surface area contributed by atoms with Gasteiger partial charge in [0.05, 0.1) is 0 Å². The molecule has 1 aromatic heterocycles. The van der Waals surface area contributed by atoms with Crippen molar-refractivity contribution in [2.75, 3.05) is 13.6 Å². The molecule has 1 aliphatic rings. The van der Waals surface area contributed by atoms with Gasteiger partial charge in [0.2, 0.25) is 0 Å². The number of aliphatic imine (C=N–C) groups is 1. The maximum absolute atomic E-state index is 4.28. The highest BCUT2D eigenvalue weighted by molar-refractivity contribution is 14.0. The van der Waals surface area contributed by atoms with Crippen LogP contribution in [-0.2, 0) is 6.42 Å². The van der Waals surface area contributed by atoms with E-state index in [2.05, 4.69) is 40.1 Å². The first kappa shape index (κ1) is 16.8. The van der Waals surface area contributed by atoms with Crippen molar-refractivity contribution >= 4 is 41.3 Å². The van der Waals surface area contributed by atoms with Crippen LogP contribution in [0.5, 0.6) is 0 Å². The molecule has 1 fully saturated rings. The second-order valence-corrected chi connectivity index (χ2v) is 5.90. The van der Waals surface area contributed by atoms with E-state index in [-0.39, 0.29) is 24.0 Å². The molecule has 19 heavy (non-hydrogen) atoms. The Morgan fingerprint density at radius 1 is 1.53 bits per heavy atom. The molecule has 1 saturated carbocycles. The quantitative estimate of drug-likeness (QED) is 0.442. The Balaban J connectivity index is 0.00000180. The monoisotopic (exact) mass is 393 g/mol. The molecule has 3 nitrogen and oxygen atoms in total. The largest absolute Gasteiger partial charge is 0.356 e. The van der Waals surface area contributed by atoms with Gasteiger partial charge in [0.1, 0.15) is 0 Å². The predicted molar refractivity (Wildman–Crippen MR) is 94.7 cm³/mol. The number of hydrogen-bond acceptors (Lipinski definition) is 2. The highest BCUT2D eigenvalue weighted by Gasteiger charge is 2.36. The summed E-state index contributed by atoms with van der Waals surface area (Å²) in [5, 5.41) is 9.01. The van der Waals surface area contributed by atoms with E-state index in [1.807, 2.05) is 18.4 Å². The van der Waals surface area contributed by atoms with Crippen LogP contribution in [0.1, 0.15) is 31.1 Å². The number of nitrogens with zero attached hydrogens (tertiary/aromatic N) is 1. The fraction of sp³-hybridized carbons (Fsp3) is 0.643. The Morgan fingerprint density at radius 2 is 2.37 bits per heavy atom. The summed E-state index contributed by atoms with van der Waals surface area (Å²) in [6.07, 6.45) is 5.00. The molecule has 1 aromatic rings. The van der Waals surface area contributed by atoms with Gasteiger partial charge in [-0.15, -0.1) is 35.3 Å². The van der Waals surface area contributed by atoms with E-state index >= 15 is 0 Å². The van der Waals surface area contributed by atoms with Crippen molar-refractivity contribution in [3.05, 3.63) is 22.4 Å². The van der Waals surface area contributed by atoms with Crippen LogP contribution in [0.4, 0.5) is 0 Å². The summed E-state index contributed by atoms with van der Waals surface area (Å²) in [6.45, 7) is 3.20. The van der Waals surface area contributed by atoms with Crippen molar-refractivity contribution in [2.24, 2.45) is 10.9 Å². The first-order valence-electron chi connectivity index (χ1n) is 6.83. The van der Waals surface area contributed by atoms with Gasteiger partial charge in [0.15, 0.2) is 5.96 Å². The zero-order valence-corrected chi connectivity index (χ0v) is 14.8. The molecule has 5 heteroatoms.